The lowest BCUT2D eigenvalue weighted by Crippen LogP contribution is -2.56. The largest absolute Gasteiger partial charge is 0.332 e. The number of amides is 1. The summed E-state index contributed by atoms with van der Waals surface area (Å²) in [5.41, 5.74) is -0.712. The average Bonchev–Trinajstić information content (AvgIpc) is 2.28. The fourth-order valence-corrected chi connectivity index (χ4v) is 1.81. The highest BCUT2D eigenvalue weighted by Crippen LogP contribution is 2.17. The minimum Gasteiger partial charge on any atom is -0.332 e. The summed E-state index contributed by atoms with van der Waals surface area (Å²) < 4.78 is 0. The number of carbonyl (C=O) groups excluding carboxylic acids is 2. The molecule has 92 valence electrons. The maximum atomic E-state index is 12.2. The van der Waals surface area contributed by atoms with Crippen molar-refractivity contribution in [1.29, 1.82) is 0 Å². The first-order valence-electron chi connectivity index (χ1n) is 5.89. The molecule has 1 saturated heterocycles. The molecule has 4 nitrogen and oxygen atoms in total. The smallest absolute Gasteiger partial charge is 0.240 e. The molecule has 1 unspecified atom stereocenters. The Balaban J connectivity index is 2.69. The van der Waals surface area contributed by atoms with E-state index in [9.17, 15) is 9.59 Å². The molecule has 0 bridgehead atoms. The predicted molar refractivity (Wildman–Crippen MR) is 63.2 cm³/mol. The van der Waals surface area contributed by atoms with E-state index in [1.165, 1.54) is 6.92 Å². The van der Waals surface area contributed by atoms with E-state index in [0.717, 1.165) is 25.8 Å². The predicted octanol–water partition coefficient (Wildman–Crippen LogP) is 0.954. The van der Waals surface area contributed by atoms with Gasteiger partial charge in [0, 0.05) is 7.05 Å². The second-order valence-corrected chi connectivity index (χ2v) is 5.01. The third-order valence-electron chi connectivity index (χ3n) is 3.64. The Morgan fingerprint density at radius 1 is 1.31 bits per heavy atom. The van der Waals surface area contributed by atoms with Gasteiger partial charge in [0.05, 0.1) is 11.6 Å². The maximum absolute atomic E-state index is 12.2. The molecule has 1 rings (SSSR count). The van der Waals surface area contributed by atoms with Gasteiger partial charge in [-0.2, -0.15) is 0 Å². The van der Waals surface area contributed by atoms with Gasteiger partial charge in [0.15, 0.2) is 5.78 Å². The summed E-state index contributed by atoms with van der Waals surface area (Å²) >= 11 is 0. The number of likely N-dealkylation sites (N-methyl/N-ethyl adjacent to an activating group) is 1. The van der Waals surface area contributed by atoms with Gasteiger partial charge in [-0.3, -0.25) is 9.59 Å². The van der Waals surface area contributed by atoms with E-state index in [1.807, 2.05) is 0 Å². The van der Waals surface area contributed by atoms with Gasteiger partial charge in [0.25, 0.3) is 0 Å². The van der Waals surface area contributed by atoms with Crippen molar-refractivity contribution in [2.75, 3.05) is 13.6 Å². The minimum atomic E-state index is -0.712. The maximum Gasteiger partial charge on any atom is 0.240 e. The van der Waals surface area contributed by atoms with E-state index in [-0.39, 0.29) is 17.7 Å². The molecule has 1 atom stereocenters. The first-order chi connectivity index (χ1) is 7.37. The lowest BCUT2D eigenvalue weighted by molar-refractivity contribution is -0.144. The zero-order chi connectivity index (χ0) is 12.3. The van der Waals surface area contributed by atoms with E-state index >= 15 is 0 Å². The van der Waals surface area contributed by atoms with Gasteiger partial charge < -0.3 is 10.2 Å². The molecule has 16 heavy (non-hydrogen) atoms. The monoisotopic (exact) mass is 226 g/mol. The molecule has 1 aliphatic heterocycles. The van der Waals surface area contributed by atoms with E-state index in [2.05, 4.69) is 5.32 Å². The molecule has 0 aromatic carbocycles. The van der Waals surface area contributed by atoms with E-state index in [0.29, 0.717) is 0 Å². The highest BCUT2D eigenvalue weighted by molar-refractivity contribution is 5.92. The number of ketones is 1. The number of nitrogens with zero attached hydrogens (tertiary/aromatic N) is 1. The van der Waals surface area contributed by atoms with Gasteiger partial charge in [-0.05, 0) is 40.2 Å². The van der Waals surface area contributed by atoms with Crippen LogP contribution in [0.1, 0.15) is 40.0 Å². The number of piperidine rings is 1. The molecule has 0 aromatic heterocycles. The third kappa shape index (κ3) is 2.61. The second-order valence-electron chi connectivity index (χ2n) is 5.01. The number of carbonyl (C=O) groups is 2. The number of hydrogen-bond acceptors (Lipinski definition) is 3. The van der Waals surface area contributed by atoms with Gasteiger partial charge in [0.1, 0.15) is 0 Å². The van der Waals surface area contributed by atoms with E-state index in [4.69, 9.17) is 0 Å². The third-order valence-corrected chi connectivity index (χ3v) is 3.64. The molecule has 1 heterocycles. The summed E-state index contributed by atoms with van der Waals surface area (Å²) in [6.07, 6.45) is 3.08. The molecule has 1 amide bonds. The highest BCUT2D eigenvalue weighted by atomic mass is 16.2. The number of rotatable bonds is 3. The van der Waals surface area contributed by atoms with Crippen LogP contribution < -0.4 is 5.32 Å². The summed E-state index contributed by atoms with van der Waals surface area (Å²) in [4.78, 5) is 25.2. The van der Waals surface area contributed by atoms with Crippen LogP contribution in [-0.2, 0) is 9.59 Å². The van der Waals surface area contributed by atoms with Gasteiger partial charge in [-0.25, -0.2) is 0 Å². The van der Waals surface area contributed by atoms with Crippen LogP contribution >= 0.6 is 0 Å². The first-order valence-corrected chi connectivity index (χ1v) is 5.89. The van der Waals surface area contributed by atoms with Gasteiger partial charge >= 0.3 is 0 Å². The molecule has 0 aromatic rings. The number of hydrogen-bond donors (Lipinski definition) is 1. The highest BCUT2D eigenvalue weighted by Gasteiger charge is 2.35. The minimum absolute atomic E-state index is 0.0131. The first kappa shape index (κ1) is 13.2. The fraction of sp³-hybridized carbons (Fsp3) is 0.833. The Morgan fingerprint density at radius 3 is 2.38 bits per heavy atom. The van der Waals surface area contributed by atoms with Gasteiger partial charge in [-0.1, -0.05) is 6.42 Å². The molecule has 1 N–H and O–H groups in total. The Bertz CT molecular complexity index is 281. The second kappa shape index (κ2) is 4.95. The van der Waals surface area contributed by atoms with Crippen LogP contribution in [0, 0.1) is 0 Å². The topological polar surface area (TPSA) is 49.4 Å². The van der Waals surface area contributed by atoms with Crippen molar-refractivity contribution in [1.82, 2.24) is 10.2 Å². The van der Waals surface area contributed by atoms with Crippen molar-refractivity contribution >= 4 is 11.7 Å². The molecule has 1 aliphatic rings. The Morgan fingerprint density at radius 2 is 1.94 bits per heavy atom. The van der Waals surface area contributed by atoms with Crippen molar-refractivity contribution < 1.29 is 9.59 Å². The molecular weight excluding hydrogens is 204 g/mol. The number of Topliss-reactive ketones (excluding diaryl/α,β-unsaturated/α-hetero) is 1. The van der Waals surface area contributed by atoms with Crippen LogP contribution in [0.3, 0.4) is 0 Å². The quantitative estimate of drug-likeness (QED) is 0.779. The molecule has 0 radical (unpaired) electrons. The Kier molecular flexibility index (Phi) is 4.08. The molecular formula is C12H22N2O2. The lowest BCUT2D eigenvalue weighted by Gasteiger charge is -2.36. The van der Waals surface area contributed by atoms with Crippen molar-refractivity contribution in [3.63, 3.8) is 0 Å². The normalized spacial score (nSPS) is 21.6. The molecule has 0 spiro atoms. The Labute approximate surface area is 97.4 Å². The number of nitrogens with one attached hydrogen (secondary N) is 1. The molecule has 0 aliphatic carbocycles. The van der Waals surface area contributed by atoms with E-state index in [1.54, 1.807) is 25.8 Å². The molecule has 1 fully saturated rings. The summed E-state index contributed by atoms with van der Waals surface area (Å²) in [5.74, 6) is 0.0408. The van der Waals surface area contributed by atoms with E-state index < -0.39 is 5.54 Å². The van der Waals surface area contributed by atoms with Crippen LogP contribution in [0.15, 0.2) is 0 Å². The molecule has 4 heteroatoms. The fourth-order valence-electron chi connectivity index (χ4n) is 1.81. The van der Waals surface area contributed by atoms with Gasteiger partial charge in [-0.15, -0.1) is 0 Å². The van der Waals surface area contributed by atoms with Crippen LogP contribution in [-0.4, -0.2) is 41.8 Å². The van der Waals surface area contributed by atoms with Crippen molar-refractivity contribution in [2.24, 2.45) is 0 Å². The van der Waals surface area contributed by atoms with Gasteiger partial charge in [0.2, 0.25) is 5.91 Å². The SMILES string of the molecule is CC(=O)C(C)(C)N(C)C(=O)C1CCCCN1. The van der Waals surface area contributed by atoms with Crippen molar-refractivity contribution in [3.05, 3.63) is 0 Å². The van der Waals surface area contributed by atoms with Crippen LogP contribution in [0.4, 0.5) is 0 Å². The summed E-state index contributed by atoms with van der Waals surface area (Å²) in [5, 5.41) is 3.21. The summed E-state index contributed by atoms with van der Waals surface area (Å²) in [7, 11) is 1.71. The molecule has 0 saturated carbocycles. The van der Waals surface area contributed by atoms with Crippen molar-refractivity contribution in [2.45, 2.75) is 51.6 Å². The van der Waals surface area contributed by atoms with Crippen LogP contribution in [0.2, 0.25) is 0 Å². The summed E-state index contributed by atoms with van der Waals surface area (Å²) in [6, 6.07) is -0.114. The zero-order valence-electron chi connectivity index (χ0n) is 10.7. The standard InChI is InChI=1S/C12H22N2O2/c1-9(15)12(2,3)14(4)11(16)10-7-5-6-8-13-10/h10,13H,5-8H2,1-4H3. The lowest BCUT2D eigenvalue weighted by atomic mass is 9.96. The summed E-state index contributed by atoms with van der Waals surface area (Å²) in [6.45, 7) is 5.99. The van der Waals surface area contributed by atoms with Crippen LogP contribution in [0.25, 0.3) is 0 Å². The average molecular weight is 226 g/mol. The van der Waals surface area contributed by atoms with Crippen LogP contribution in [0.5, 0.6) is 0 Å². The zero-order valence-corrected chi connectivity index (χ0v) is 10.7. The van der Waals surface area contributed by atoms with Crippen molar-refractivity contribution in [3.8, 4) is 0 Å². The Hall–Kier alpha value is -0.900.